The molecule has 0 unspecified atom stereocenters. The Morgan fingerprint density at radius 1 is 1.26 bits per heavy atom. The lowest BCUT2D eigenvalue weighted by molar-refractivity contribution is 0.0314. The van der Waals surface area contributed by atoms with E-state index < -0.39 is 0 Å². The van der Waals surface area contributed by atoms with Gasteiger partial charge in [-0.3, -0.25) is 14.6 Å². The fourth-order valence-electron chi connectivity index (χ4n) is 4.52. The average molecular weight is 442 g/mol. The van der Waals surface area contributed by atoms with E-state index >= 15 is 0 Å². The van der Waals surface area contributed by atoms with Crippen molar-refractivity contribution in [3.63, 3.8) is 0 Å². The largest absolute Gasteiger partial charge is 0.508 e. The molecule has 6 heteroatoms. The van der Waals surface area contributed by atoms with Crippen molar-refractivity contribution in [2.24, 2.45) is 0 Å². The minimum absolute atomic E-state index is 0.00122. The summed E-state index contributed by atoms with van der Waals surface area (Å²) in [6.45, 7) is 16.6. The van der Waals surface area contributed by atoms with Crippen molar-refractivity contribution < 1.29 is 9.90 Å². The zero-order valence-corrected chi connectivity index (χ0v) is 19.9. The highest BCUT2D eigenvalue weighted by molar-refractivity contribution is 7.10. The average Bonchev–Trinajstić information content (AvgIpc) is 3.22. The second-order valence-corrected chi connectivity index (χ2v) is 9.29. The maximum absolute atomic E-state index is 12.9. The van der Waals surface area contributed by atoms with E-state index in [1.165, 1.54) is 0 Å². The maximum atomic E-state index is 12.9. The van der Waals surface area contributed by atoms with E-state index in [-0.39, 0.29) is 17.7 Å². The Kier molecular flexibility index (Phi) is 7.92. The lowest BCUT2D eigenvalue weighted by Crippen LogP contribution is -2.57. The molecule has 1 fully saturated rings. The van der Waals surface area contributed by atoms with Gasteiger partial charge in [0.15, 0.2) is 0 Å². The number of rotatable bonds is 8. The smallest absolute Gasteiger partial charge is 0.254 e. The topological polar surface area (TPSA) is 47.0 Å². The standard InChI is InChI=1S/C25H35N3O2S/c1-6-12-27-15-19(5)28(16-18(27)4)24(20-10-9-11-22(29)13-20)23-14-21(17-31-23)25(30)26(7-2)8-3/h6,9-11,13-14,17-19,24,29H,1,7-8,12,15-16H2,2-5H3/t18-,19+,24+/m0/s1. The van der Waals surface area contributed by atoms with Gasteiger partial charge in [0.05, 0.1) is 11.6 Å². The summed E-state index contributed by atoms with van der Waals surface area (Å²) < 4.78 is 0. The van der Waals surface area contributed by atoms with Crippen LogP contribution in [0.4, 0.5) is 0 Å². The monoisotopic (exact) mass is 441 g/mol. The number of nitrogens with zero attached hydrogens (tertiary/aromatic N) is 3. The normalized spacial score (nSPS) is 21.0. The van der Waals surface area contributed by atoms with Crippen LogP contribution >= 0.6 is 11.3 Å². The molecule has 3 rings (SSSR count). The van der Waals surface area contributed by atoms with E-state index in [0.29, 0.717) is 25.2 Å². The molecule has 3 atom stereocenters. The highest BCUT2D eigenvalue weighted by atomic mass is 32.1. The van der Waals surface area contributed by atoms with Crippen LogP contribution in [0.5, 0.6) is 5.75 Å². The third-order valence-electron chi connectivity index (χ3n) is 6.23. The zero-order chi connectivity index (χ0) is 22.5. The SMILES string of the molecule is C=CCN1C[C@@H](C)N([C@H](c2cccc(O)c2)c2cc(C(=O)N(CC)CC)cs2)C[C@@H]1C. The summed E-state index contributed by atoms with van der Waals surface area (Å²) in [6, 6.07) is 10.3. The van der Waals surface area contributed by atoms with Crippen LogP contribution in [0.2, 0.25) is 0 Å². The van der Waals surface area contributed by atoms with Gasteiger partial charge < -0.3 is 10.0 Å². The van der Waals surface area contributed by atoms with Crippen molar-refractivity contribution in [2.45, 2.75) is 45.8 Å². The second kappa shape index (κ2) is 10.4. The van der Waals surface area contributed by atoms with E-state index in [0.717, 1.165) is 35.6 Å². The van der Waals surface area contributed by atoms with Gasteiger partial charge in [0.2, 0.25) is 0 Å². The molecule has 2 heterocycles. The lowest BCUT2D eigenvalue weighted by Gasteiger charge is -2.47. The number of piperazine rings is 1. The van der Waals surface area contributed by atoms with Gasteiger partial charge in [-0.2, -0.15) is 0 Å². The lowest BCUT2D eigenvalue weighted by atomic mass is 9.97. The van der Waals surface area contributed by atoms with E-state index in [1.54, 1.807) is 17.4 Å². The van der Waals surface area contributed by atoms with Crippen LogP contribution in [0.25, 0.3) is 0 Å². The summed E-state index contributed by atoms with van der Waals surface area (Å²) in [4.78, 5) is 20.9. The molecule has 1 saturated heterocycles. The molecule has 0 saturated carbocycles. The predicted molar refractivity (Wildman–Crippen MR) is 129 cm³/mol. The fourth-order valence-corrected chi connectivity index (χ4v) is 5.55. The molecule has 0 radical (unpaired) electrons. The van der Waals surface area contributed by atoms with Crippen LogP contribution in [-0.2, 0) is 0 Å². The molecule has 1 aliphatic rings. The predicted octanol–water partition coefficient (Wildman–Crippen LogP) is 4.61. The van der Waals surface area contributed by atoms with Crippen molar-refractivity contribution in [3.05, 3.63) is 64.4 Å². The Morgan fingerprint density at radius 3 is 2.65 bits per heavy atom. The Bertz CT molecular complexity index is 892. The number of hydrogen-bond acceptors (Lipinski definition) is 5. The first-order valence-electron chi connectivity index (χ1n) is 11.2. The van der Waals surface area contributed by atoms with Crippen molar-refractivity contribution in [1.82, 2.24) is 14.7 Å². The quantitative estimate of drug-likeness (QED) is 0.608. The number of aromatic hydroxyl groups is 1. The number of benzene rings is 1. The Hall–Kier alpha value is -2.15. The Balaban J connectivity index is 1.97. The highest BCUT2D eigenvalue weighted by Gasteiger charge is 2.35. The molecule has 0 bridgehead atoms. The van der Waals surface area contributed by atoms with Crippen LogP contribution in [0.15, 0.2) is 48.4 Å². The highest BCUT2D eigenvalue weighted by Crippen LogP contribution is 2.37. The van der Waals surface area contributed by atoms with E-state index in [1.807, 2.05) is 48.4 Å². The molecular weight excluding hydrogens is 406 g/mol. The first-order valence-corrected chi connectivity index (χ1v) is 12.0. The summed E-state index contributed by atoms with van der Waals surface area (Å²) in [5.74, 6) is 0.351. The van der Waals surface area contributed by atoms with Crippen molar-refractivity contribution in [2.75, 3.05) is 32.7 Å². The third kappa shape index (κ3) is 5.20. The molecule has 1 aromatic heterocycles. The van der Waals surface area contributed by atoms with Gasteiger partial charge >= 0.3 is 0 Å². The second-order valence-electron chi connectivity index (χ2n) is 8.35. The molecule has 0 spiro atoms. The summed E-state index contributed by atoms with van der Waals surface area (Å²) in [5, 5.41) is 12.2. The Labute approximate surface area is 190 Å². The summed E-state index contributed by atoms with van der Waals surface area (Å²) in [7, 11) is 0. The maximum Gasteiger partial charge on any atom is 0.254 e. The molecule has 2 aromatic rings. The molecule has 1 aliphatic heterocycles. The van der Waals surface area contributed by atoms with Crippen LogP contribution in [0.1, 0.15) is 54.5 Å². The molecule has 31 heavy (non-hydrogen) atoms. The molecule has 5 nitrogen and oxygen atoms in total. The first kappa shape index (κ1) is 23.5. The van der Waals surface area contributed by atoms with Gasteiger partial charge in [0.1, 0.15) is 5.75 Å². The number of phenols is 1. The van der Waals surface area contributed by atoms with Crippen LogP contribution in [0.3, 0.4) is 0 Å². The Morgan fingerprint density at radius 2 is 2.00 bits per heavy atom. The van der Waals surface area contributed by atoms with Crippen LogP contribution in [0, 0.1) is 0 Å². The molecule has 1 amide bonds. The van der Waals surface area contributed by atoms with Gasteiger partial charge in [-0.1, -0.05) is 18.2 Å². The van der Waals surface area contributed by atoms with Crippen LogP contribution < -0.4 is 0 Å². The first-order chi connectivity index (χ1) is 14.9. The molecular formula is C25H35N3O2S. The molecule has 1 N–H and O–H groups in total. The number of carbonyl (C=O) groups excluding carboxylic acids is 1. The van der Waals surface area contributed by atoms with Crippen molar-refractivity contribution >= 4 is 17.2 Å². The minimum Gasteiger partial charge on any atom is -0.508 e. The van der Waals surface area contributed by atoms with E-state index in [2.05, 4.69) is 36.3 Å². The van der Waals surface area contributed by atoms with Crippen molar-refractivity contribution in [1.29, 1.82) is 0 Å². The number of phenolic OH excluding ortho intramolecular Hbond substituents is 1. The molecule has 1 aromatic carbocycles. The number of thiophene rings is 1. The zero-order valence-electron chi connectivity index (χ0n) is 19.1. The van der Waals surface area contributed by atoms with Gasteiger partial charge in [0.25, 0.3) is 5.91 Å². The van der Waals surface area contributed by atoms with Gasteiger partial charge in [-0.05, 0) is 51.5 Å². The third-order valence-corrected chi connectivity index (χ3v) is 7.22. The number of amides is 1. The van der Waals surface area contributed by atoms with E-state index in [9.17, 15) is 9.90 Å². The van der Waals surface area contributed by atoms with Gasteiger partial charge in [-0.25, -0.2) is 0 Å². The van der Waals surface area contributed by atoms with Gasteiger partial charge in [-0.15, -0.1) is 17.9 Å². The van der Waals surface area contributed by atoms with E-state index in [4.69, 9.17) is 0 Å². The number of carbonyl (C=O) groups is 1. The van der Waals surface area contributed by atoms with Crippen molar-refractivity contribution in [3.8, 4) is 5.75 Å². The summed E-state index contributed by atoms with van der Waals surface area (Å²) in [5.41, 5.74) is 1.81. The fraction of sp³-hybridized carbons (Fsp3) is 0.480. The van der Waals surface area contributed by atoms with Gasteiger partial charge in [0, 0.05) is 55.1 Å². The van der Waals surface area contributed by atoms with Crippen LogP contribution in [-0.4, -0.2) is 70.5 Å². The summed E-state index contributed by atoms with van der Waals surface area (Å²) in [6.07, 6.45) is 1.97. The summed E-state index contributed by atoms with van der Waals surface area (Å²) >= 11 is 1.63. The number of hydrogen-bond donors (Lipinski definition) is 1. The molecule has 0 aliphatic carbocycles. The minimum atomic E-state index is -0.00122. The molecule has 168 valence electrons.